The largest absolute Gasteiger partial charge is 0.328 e. The van der Waals surface area contributed by atoms with Gasteiger partial charge in [0.1, 0.15) is 0 Å². The number of benzene rings is 1. The Labute approximate surface area is 122 Å². The van der Waals surface area contributed by atoms with Crippen LogP contribution in [0.5, 0.6) is 0 Å². The molecule has 1 aromatic carbocycles. The van der Waals surface area contributed by atoms with Crippen LogP contribution in [0.3, 0.4) is 0 Å². The molecule has 1 aliphatic rings. The average Bonchev–Trinajstić information content (AvgIpc) is 3.08. The van der Waals surface area contributed by atoms with Crippen LogP contribution in [-0.2, 0) is 11.8 Å². The summed E-state index contributed by atoms with van der Waals surface area (Å²) < 4.78 is 1.59. The van der Waals surface area contributed by atoms with Crippen molar-refractivity contribution in [1.29, 1.82) is 0 Å². The summed E-state index contributed by atoms with van der Waals surface area (Å²) in [7, 11) is 1.78. The van der Waals surface area contributed by atoms with Gasteiger partial charge in [-0.25, -0.2) is 4.68 Å². The van der Waals surface area contributed by atoms with Crippen LogP contribution in [0.2, 0.25) is 0 Å². The summed E-state index contributed by atoms with van der Waals surface area (Å²) in [5.41, 5.74) is 7.47. The average molecular weight is 286 g/mol. The SMILES string of the molecule is Cn1nnnc1-c1cccc(NC(=O)C2CCC(N)C2)c1. The van der Waals surface area contributed by atoms with Crippen molar-refractivity contribution in [2.75, 3.05) is 5.32 Å². The maximum absolute atomic E-state index is 12.2. The molecular formula is C14H18N6O. The van der Waals surface area contributed by atoms with Gasteiger partial charge in [0.2, 0.25) is 5.91 Å². The first-order valence-corrected chi connectivity index (χ1v) is 7.02. The smallest absolute Gasteiger partial charge is 0.227 e. The van der Waals surface area contributed by atoms with Gasteiger partial charge in [-0.1, -0.05) is 12.1 Å². The first kappa shape index (κ1) is 13.7. The van der Waals surface area contributed by atoms with Crippen molar-refractivity contribution in [2.45, 2.75) is 25.3 Å². The number of hydrogen-bond donors (Lipinski definition) is 2. The van der Waals surface area contributed by atoms with E-state index in [1.807, 2.05) is 24.3 Å². The van der Waals surface area contributed by atoms with Crippen LogP contribution in [-0.4, -0.2) is 32.2 Å². The van der Waals surface area contributed by atoms with E-state index in [1.54, 1.807) is 11.7 Å². The van der Waals surface area contributed by atoms with Gasteiger partial charge in [0.15, 0.2) is 5.82 Å². The second kappa shape index (κ2) is 5.61. The fraction of sp³-hybridized carbons (Fsp3) is 0.429. The molecule has 3 rings (SSSR count). The quantitative estimate of drug-likeness (QED) is 0.875. The lowest BCUT2D eigenvalue weighted by Crippen LogP contribution is -2.23. The molecule has 0 radical (unpaired) electrons. The molecule has 3 N–H and O–H groups in total. The summed E-state index contributed by atoms with van der Waals surface area (Å²) in [6, 6.07) is 7.67. The predicted octanol–water partition coefficient (Wildman–Crippen LogP) is 0.943. The molecule has 7 nitrogen and oxygen atoms in total. The molecule has 110 valence electrons. The fourth-order valence-electron chi connectivity index (χ4n) is 2.71. The molecule has 0 spiro atoms. The Morgan fingerprint density at radius 1 is 1.43 bits per heavy atom. The van der Waals surface area contributed by atoms with E-state index in [4.69, 9.17) is 5.73 Å². The van der Waals surface area contributed by atoms with Crippen LogP contribution in [0.25, 0.3) is 11.4 Å². The number of tetrazole rings is 1. The summed E-state index contributed by atoms with van der Waals surface area (Å²) >= 11 is 0. The number of nitrogens with zero attached hydrogens (tertiary/aromatic N) is 4. The van der Waals surface area contributed by atoms with E-state index in [0.717, 1.165) is 30.5 Å². The molecule has 2 atom stereocenters. The van der Waals surface area contributed by atoms with Gasteiger partial charge in [-0.05, 0) is 41.8 Å². The van der Waals surface area contributed by atoms with Crippen molar-refractivity contribution in [1.82, 2.24) is 20.2 Å². The molecule has 1 amide bonds. The number of anilines is 1. The molecular weight excluding hydrogens is 268 g/mol. The lowest BCUT2D eigenvalue weighted by Gasteiger charge is -2.11. The van der Waals surface area contributed by atoms with Crippen LogP contribution in [0, 0.1) is 5.92 Å². The molecule has 2 aromatic rings. The standard InChI is InChI=1S/C14H18N6O/c1-20-13(17-18-19-20)9-3-2-4-12(8-9)16-14(21)10-5-6-11(15)7-10/h2-4,8,10-11H,5-7,15H2,1H3,(H,16,21). The zero-order valence-electron chi connectivity index (χ0n) is 11.9. The van der Waals surface area contributed by atoms with Gasteiger partial charge in [0.25, 0.3) is 0 Å². The third-order valence-corrected chi connectivity index (χ3v) is 3.85. The number of carbonyl (C=O) groups excluding carboxylic acids is 1. The molecule has 1 saturated carbocycles. The van der Waals surface area contributed by atoms with Crippen molar-refractivity contribution in [3.05, 3.63) is 24.3 Å². The van der Waals surface area contributed by atoms with E-state index >= 15 is 0 Å². The van der Waals surface area contributed by atoms with Crippen molar-refractivity contribution >= 4 is 11.6 Å². The number of nitrogens with two attached hydrogens (primary N) is 1. The maximum Gasteiger partial charge on any atom is 0.227 e. The Bertz CT molecular complexity index is 652. The number of nitrogens with one attached hydrogen (secondary N) is 1. The second-order valence-electron chi connectivity index (χ2n) is 5.47. The highest BCUT2D eigenvalue weighted by molar-refractivity contribution is 5.93. The van der Waals surface area contributed by atoms with E-state index in [9.17, 15) is 4.79 Å². The summed E-state index contributed by atoms with van der Waals surface area (Å²) in [6.07, 6.45) is 2.54. The van der Waals surface area contributed by atoms with Crippen molar-refractivity contribution in [3.8, 4) is 11.4 Å². The molecule has 1 fully saturated rings. The van der Waals surface area contributed by atoms with E-state index < -0.39 is 0 Å². The number of hydrogen-bond acceptors (Lipinski definition) is 5. The van der Waals surface area contributed by atoms with Crippen molar-refractivity contribution in [3.63, 3.8) is 0 Å². The van der Waals surface area contributed by atoms with E-state index in [2.05, 4.69) is 20.8 Å². The molecule has 1 aromatic heterocycles. The molecule has 2 unspecified atom stereocenters. The lowest BCUT2D eigenvalue weighted by atomic mass is 10.1. The first-order valence-electron chi connectivity index (χ1n) is 7.02. The van der Waals surface area contributed by atoms with Crippen LogP contribution >= 0.6 is 0 Å². The fourth-order valence-corrected chi connectivity index (χ4v) is 2.71. The number of amides is 1. The minimum absolute atomic E-state index is 0.0140. The normalized spacial score (nSPS) is 21.4. The van der Waals surface area contributed by atoms with E-state index in [0.29, 0.717) is 5.82 Å². The van der Waals surface area contributed by atoms with Crippen LogP contribution < -0.4 is 11.1 Å². The maximum atomic E-state index is 12.2. The van der Waals surface area contributed by atoms with E-state index in [-0.39, 0.29) is 17.9 Å². The Morgan fingerprint density at radius 3 is 2.95 bits per heavy atom. The molecule has 0 bridgehead atoms. The molecule has 21 heavy (non-hydrogen) atoms. The number of aryl methyl sites for hydroxylation is 1. The molecule has 1 aliphatic carbocycles. The van der Waals surface area contributed by atoms with Crippen LogP contribution in [0.15, 0.2) is 24.3 Å². The summed E-state index contributed by atoms with van der Waals surface area (Å²) in [5, 5.41) is 14.4. The lowest BCUT2D eigenvalue weighted by molar-refractivity contribution is -0.119. The van der Waals surface area contributed by atoms with Gasteiger partial charge in [-0.3, -0.25) is 4.79 Å². The highest BCUT2D eigenvalue weighted by atomic mass is 16.1. The van der Waals surface area contributed by atoms with Crippen LogP contribution in [0.4, 0.5) is 5.69 Å². The van der Waals surface area contributed by atoms with Gasteiger partial charge in [-0.2, -0.15) is 0 Å². The molecule has 0 saturated heterocycles. The van der Waals surface area contributed by atoms with Gasteiger partial charge in [0, 0.05) is 30.3 Å². The third-order valence-electron chi connectivity index (χ3n) is 3.85. The number of aromatic nitrogens is 4. The predicted molar refractivity (Wildman–Crippen MR) is 78.2 cm³/mol. The zero-order valence-corrected chi connectivity index (χ0v) is 11.9. The first-order chi connectivity index (χ1) is 10.1. The Balaban J connectivity index is 1.75. The topological polar surface area (TPSA) is 98.7 Å². The third kappa shape index (κ3) is 2.92. The minimum Gasteiger partial charge on any atom is -0.328 e. The van der Waals surface area contributed by atoms with Crippen molar-refractivity contribution < 1.29 is 4.79 Å². The zero-order chi connectivity index (χ0) is 14.8. The molecule has 7 heteroatoms. The van der Waals surface area contributed by atoms with Gasteiger partial charge >= 0.3 is 0 Å². The summed E-state index contributed by atoms with van der Waals surface area (Å²) in [5.74, 6) is 0.713. The summed E-state index contributed by atoms with van der Waals surface area (Å²) in [4.78, 5) is 12.2. The van der Waals surface area contributed by atoms with E-state index in [1.165, 1.54) is 0 Å². The minimum atomic E-state index is 0.0140. The molecule has 0 aliphatic heterocycles. The van der Waals surface area contributed by atoms with Gasteiger partial charge in [-0.15, -0.1) is 5.10 Å². The second-order valence-corrected chi connectivity index (χ2v) is 5.47. The van der Waals surface area contributed by atoms with Crippen molar-refractivity contribution in [2.24, 2.45) is 18.7 Å². The Morgan fingerprint density at radius 2 is 2.29 bits per heavy atom. The number of rotatable bonds is 3. The number of carbonyl (C=O) groups is 1. The van der Waals surface area contributed by atoms with Gasteiger partial charge < -0.3 is 11.1 Å². The highest BCUT2D eigenvalue weighted by Gasteiger charge is 2.27. The Kier molecular flexibility index (Phi) is 3.66. The monoisotopic (exact) mass is 286 g/mol. The highest BCUT2D eigenvalue weighted by Crippen LogP contribution is 2.26. The van der Waals surface area contributed by atoms with Gasteiger partial charge in [0.05, 0.1) is 0 Å². The molecule has 1 heterocycles. The van der Waals surface area contributed by atoms with Crippen LogP contribution in [0.1, 0.15) is 19.3 Å². The summed E-state index contributed by atoms with van der Waals surface area (Å²) in [6.45, 7) is 0. The Hall–Kier alpha value is -2.28.